The molecule has 2 N–H and O–H groups in total. The lowest BCUT2D eigenvalue weighted by molar-refractivity contribution is 0.0586. The van der Waals surface area contributed by atoms with Gasteiger partial charge in [-0.3, -0.25) is 0 Å². The normalized spacial score (nSPS) is 15.5. The topological polar surface area (TPSA) is 82.0 Å². The van der Waals surface area contributed by atoms with Crippen LogP contribution in [0.4, 0.5) is 5.82 Å². The molecule has 36 heavy (non-hydrogen) atoms. The predicted molar refractivity (Wildman–Crippen MR) is 145 cm³/mol. The van der Waals surface area contributed by atoms with Gasteiger partial charge in [-0.05, 0) is 43.1 Å². The lowest BCUT2D eigenvalue weighted by Gasteiger charge is -2.38. The van der Waals surface area contributed by atoms with Crippen LogP contribution in [0.25, 0.3) is 21.3 Å². The van der Waals surface area contributed by atoms with Gasteiger partial charge in [0.2, 0.25) is 0 Å². The summed E-state index contributed by atoms with van der Waals surface area (Å²) in [6.07, 6.45) is 3.08. The Balaban J connectivity index is 1.19. The van der Waals surface area contributed by atoms with Crippen molar-refractivity contribution in [2.45, 2.75) is 31.6 Å². The summed E-state index contributed by atoms with van der Waals surface area (Å²) in [4.78, 5) is 14.9. The van der Waals surface area contributed by atoms with Gasteiger partial charge < -0.3 is 24.7 Å². The SMILES string of the molecule is CN(CC(O)COc1cccc(CO)c1)C1CCN(c2ncnc3scc(-c4ccccc4)c23)CC1. The van der Waals surface area contributed by atoms with Gasteiger partial charge in [0.1, 0.15) is 35.4 Å². The van der Waals surface area contributed by atoms with E-state index in [0.717, 1.165) is 47.5 Å². The lowest BCUT2D eigenvalue weighted by Crippen LogP contribution is -2.46. The second-order valence-electron chi connectivity index (χ2n) is 9.32. The number of aromatic nitrogens is 2. The molecule has 2 aromatic heterocycles. The Morgan fingerprint density at radius 3 is 2.69 bits per heavy atom. The van der Waals surface area contributed by atoms with E-state index >= 15 is 0 Å². The Kier molecular flexibility index (Phi) is 7.77. The van der Waals surface area contributed by atoms with Crippen LogP contribution in [0.2, 0.25) is 0 Å². The first kappa shape index (κ1) is 24.6. The highest BCUT2D eigenvalue weighted by Crippen LogP contribution is 2.38. The molecule has 0 aliphatic carbocycles. The predicted octanol–water partition coefficient (Wildman–Crippen LogP) is 4.19. The third kappa shape index (κ3) is 5.52. The molecule has 3 heterocycles. The molecule has 8 heteroatoms. The average molecular weight is 505 g/mol. The minimum Gasteiger partial charge on any atom is -0.491 e. The molecule has 0 amide bonds. The number of rotatable bonds is 9. The van der Waals surface area contributed by atoms with Crippen LogP contribution in [0.1, 0.15) is 18.4 Å². The van der Waals surface area contributed by atoms with Crippen LogP contribution in [0, 0.1) is 0 Å². The van der Waals surface area contributed by atoms with E-state index < -0.39 is 6.10 Å². The van der Waals surface area contributed by atoms with E-state index in [1.807, 2.05) is 24.3 Å². The number of thiophene rings is 1. The van der Waals surface area contributed by atoms with Crippen molar-refractivity contribution in [1.29, 1.82) is 0 Å². The van der Waals surface area contributed by atoms with E-state index in [2.05, 4.69) is 51.5 Å². The van der Waals surface area contributed by atoms with E-state index in [9.17, 15) is 10.2 Å². The summed E-state index contributed by atoms with van der Waals surface area (Å²) in [5.41, 5.74) is 3.18. The molecule has 188 valence electrons. The number of ether oxygens (including phenoxy) is 1. The van der Waals surface area contributed by atoms with Gasteiger partial charge in [-0.1, -0.05) is 42.5 Å². The van der Waals surface area contributed by atoms with Crippen molar-refractivity contribution in [3.63, 3.8) is 0 Å². The Hall–Kier alpha value is -3.04. The maximum absolute atomic E-state index is 10.6. The molecule has 0 spiro atoms. The molecule has 0 bridgehead atoms. The maximum atomic E-state index is 10.6. The summed E-state index contributed by atoms with van der Waals surface area (Å²) in [6.45, 7) is 2.56. The molecular weight excluding hydrogens is 472 g/mol. The highest BCUT2D eigenvalue weighted by atomic mass is 32.1. The van der Waals surface area contributed by atoms with Crippen molar-refractivity contribution < 1.29 is 14.9 Å². The number of fused-ring (bicyclic) bond motifs is 1. The van der Waals surface area contributed by atoms with Crippen LogP contribution in [0.3, 0.4) is 0 Å². The number of hydrogen-bond acceptors (Lipinski definition) is 8. The first-order valence-corrected chi connectivity index (χ1v) is 13.2. The van der Waals surface area contributed by atoms with Gasteiger partial charge in [0.05, 0.1) is 12.0 Å². The van der Waals surface area contributed by atoms with Crippen molar-refractivity contribution in [2.24, 2.45) is 0 Å². The molecule has 4 aromatic rings. The van der Waals surface area contributed by atoms with Gasteiger partial charge in [0.25, 0.3) is 0 Å². The summed E-state index contributed by atoms with van der Waals surface area (Å²) in [6, 6.07) is 18.2. The summed E-state index contributed by atoms with van der Waals surface area (Å²) in [7, 11) is 2.07. The molecule has 0 radical (unpaired) electrons. The average Bonchev–Trinajstić information content (AvgIpc) is 3.37. The Labute approximate surface area is 215 Å². The van der Waals surface area contributed by atoms with Crippen LogP contribution in [-0.2, 0) is 6.61 Å². The smallest absolute Gasteiger partial charge is 0.141 e. The van der Waals surface area contributed by atoms with Gasteiger partial charge >= 0.3 is 0 Å². The monoisotopic (exact) mass is 504 g/mol. The molecule has 1 unspecified atom stereocenters. The third-order valence-electron chi connectivity index (χ3n) is 6.84. The quantitative estimate of drug-likeness (QED) is 0.354. The molecule has 1 atom stereocenters. The van der Waals surface area contributed by atoms with Crippen LogP contribution in [-0.4, -0.2) is 70.5 Å². The van der Waals surface area contributed by atoms with E-state index in [-0.39, 0.29) is 13.2 Å². The molecule has 7 nitrogen and oxygen atoms in total. The Bertz CT molecular complexity index is 1270. The number of aliphatic hydroxyl groups is 2. The van der Waals surface area contributed by atoms with Crippen LogP contribution in [0.15, 0.2) is 66.3 Å². The number of nitrogens with zero attached hydrogens (tertiary/aromatic N) is 4. The summed E-state index contributed by atoms with van der Waals surface area (Å²) in [5, 5.41) is 23.2. The highest BCUT2D eigenvalue weighted by molar-refractivity contribution is 7.17. The molecule has 2 aromatic carbocycles. The van der Waals surface area contributed by atoms with Gasteiger partial charge in [-0.25, -0.2) is 9.97 Å². The van der Waals surface area contributed by atoms with Crippen molar-refractivity contribution >= 4 is 27.4 Å². The minimum absolute atomic E-state index is 0.0261. The number of likely N-dealkylation sites (N-methyl/N-ethyl adjacent to an activating group) is 1. The van der Waals surface area contributed by atoms with Crippen LogP contribution >= 0.6 is 11.3 Å². The summed E-state index contributed by atoms with van der Waals surface area (Å²) < 4.78 is 5.75. The first-order chi connectivity index (χ1) is 17.6. The van der Waals surface area contributed by atoms with E-state index in [4.69, 9.17) is 9.72 Å². The molecule has 0 saturated carbocycles. The number of anilines is 1. The molecule has 5 rings (SSSR count). The van der Waals surface area contributed by atoms with E-state index in [1.165, 1.54) is 11.1 Å². The number of piperidine rings is 1. The number of benzene rings is 2. The van der Waals surface area contributed by atoms with Crippen LogP contribution < -0.4 is 9.64 Å². The van der Waals surface area contributed by atoms with Crippen molar-refractivity contribution in [2.75, 3.05) is 38.2 Å². The van der Waals surface area contributed by atoms with Gasteiger partial charge in [-0.2, -0.15) is 0 Å². The van der Waals surface area contributed by atoms with Crippen molar-refractivity contribution in [3.05, 3.63) is 71.9 Å². The Morgan fingerprint density at radius 2 is 1.92 bits per heavy atom. The second-order valence-corrected chi connectivity index (χ2v) is 10.2. The third-order valence-corrected chi connectivity index (χ3v) is 7.73. The maximum Gasteiger partial charge on any atom is 0.141 e. The zero-order valence-electron chi connectivity index (χ0n) is 20.5. The second kappa shape index (κ2) is 11.3. The fraction of sp³-hybridized carbons (Fsp3) is 0.357. The van der Waals surface area contributed by atoms with E-state index in [0.29, 0.717) is 18.3 Å². The Morgan fingerprint density at radius 1 is 1.11 bits per heavy atom. The summed E-state index contributed by atoms with van der Waals surface area (Å²) >= 11 is 1.67. The van der Waals surface area contributed by atoms with Gasteiger partial charge in [-0.15, -0.1) is 11.3 Å². The van der Waals surface area contributed by atoms with Gasteiger partial charge in [0.15, 0.2) is 0 Å². The molecular formula is C28H32N4O3S. The minimum atomic E-state index is -0.591. The summed E-state index contributed by atoms with van der Waals surface area (Å²) in [5.74, 6) is 1.68. The molecule has 1 aliphatic heterocycles. The van der Waals surface area contributed by atoms with Crippen LogP contribution in [0.5, 0.6) is 5.75 Å². The molecule has 1 aliphatic rings. The first-order valence-electron chi connectivity index (χ1n) is 12.4. The lowest BCUT2D eigenvalue weighted by atomic mass is 10.0. The molecule has 1 saturated heterocycles. The van der Waals surface area contributed by atoms with E-state index in [1.54, 1.807) is 23.7 Å². The fourth-order valence-electron chi connectivity index (χ4n) is 4.91. The fourth-order valence-corrected chi connectivity index (χ4v) is 5.82. The zero-order valence-corrected chi connectivity index (χ0v) is 21.3. The number of hydrogen-bond donors (Lipinski definition) is 2. The molecule has 1 fully saturated rings. The van der Waals surface area contributed by atoms with Crippen molar-refractivity contribution in [3.8, 4) is 16.9 Å². The van der Waals surface area contributed by atoms with Crippen molar-refractivity contribution in [1.82, 2.24) is 14.9 Å². The number of aliphatic hydroxyl groups excluding tert-OH is 2. The largest absolute Gasteiger partial charge is 0.491 e. The highest BCUT2D eigenvalue weighted by Gasteiger charge is 2.26. The standard InChI is InChI=1S/C28H32N4O3S/c1-31(15-23(34)17-35-24-9-5-6-20(14-24)16-33)22-10-12-32(13-11-22)27-26-25(21-7-3-2-4-8-21)18-36-28(26)30-19-29-27/h2-9,14,18-19,22-23,33-34H,10-13,15-17H2,1H3. The zero-order chi connectivity index (χ0) is 24.9. The van der Waals surface area contributed by atoms with Gasteiger partial charge in [0, 0.05) is 36.6 Å².